The number of nitrogens with zero attached hydrogens (tertiary/aromatic N) is 5. The van der Waals surface area contributed by atoms with Crippen molar-refractivity contribution in [2.75, 3.05) is 11.9 Å². The number of fused-ring (bicyclic) bond motifs is 1. The van der Waals surface area contributed by atoms with Crippen LogP contribution in [0.15, 0.2) is 73.2 Å². The summed E-state index contributed by atoms with van der Waals surface area (Å²) in [6.07, 6.45) is 5.89. The third kappa shape index (κ3) is 8.51. The van der Waals surface area contributed by atoms with E-state index < -0.39 is 6.10 Å². The van der Waals surface area contributed by atoms with Crippen molar-refractivity contribution in [1.29, 1.82) is 0 Å². The topological polar surface area (TPSA) is 127 Å². The van der Waals surface area contributed by atoms with Gasteiger partial charge in [0.25, 0.3) is 0 Å². The molecule has 0 radical (unpaired) electrons. The van der Waals surface area contributed by atoms with Gasteiger partial charge in [-0.2, -0.15) is 0 Å². The molecule has 0 fully saturated rings. The zero-order valence-corrected chi connectivity index (χ0v) is 29.0. The number of benzene rings is 1. The summed E-state index contributed by atoms with van der Waals surface area (Å²) < 4.78 is 8.00. The zero-order chi connectivity index (χ0) is 35.1. The van der Waals surface area contributed by atoms with E-state index in [9.17, 15) is 19.5 Å². The van der Waals surface area contributed by atoms with Gasteiger partial charge in [-0.25, -0.2) is 4.98 Å². The summed E-state index contributed by atoms with van der Waals surface area (Å²) in [6, 6.07) is 15.9. The van der Waals surface area contributed by atoms with Crippen LogP contribution in [0, 0.1) is 0 Å². The lowest BCUT2D eigenvalue weighted by Gasteiger charge is -2.21. The molecule has 0 aliphatic rings. The molecule has 0 aliphatic heterocycles. The number of rotatable bonds is 15. The standard InChI is InChI=1S/C37H37Cl2N5O5/c1-4-29-35(36(48)30-8-5-6-18-40-30)44-19-7-9-32(37(44)42-29)49-22-27-28(38)15-16-31(34(27)39)43(3)33(47)17-14-26(46)13-11-24-10-12-25(41-21-24)20-23(2)45/h5-10,12,15-16,18-19,21,36,48H,4,11,13-14,17,20,22H2,1-3H3. The molecule has 0 spiro atoms. The Kier molecular flexibility index (Phi) is 11.8. The van der Waals surface area contributed by atoms with Crippen molar-refractivity contribution < 1.29 is 24.2 Å². The predicted octanol–water partition coefficient (Wildman–Crippen LogP) is 6.73. The van der Waals surface area contributed by atoms with E-state index in [4.69, 9.17) is 32.9 Å². The highest BCUT2D eigenvalue weighted by molar-refractivity contribution is 6.38. The summed E-state index contributed by atoms with van der Waals surface area (Å²) >= 11 is 13.4. The van der Waals surface area contributed by atoms with Gasteiger partial charge in [0.2, 0.25) is 5.91 Å². The Morgan fingerprint density at radius 2 is 1.82 bits per heavy atom. The molecular weight excluding hydrogens is 665 g/mol. The third-order valence-electron chi connectivity index (χ3n) is 8.19. The number of amides is 1. The summed E-state index contributed by atoms with van der Waals surface area (Å²) in [6.45, 7) is 3.47. The average Bonchev–Trinajstić information content (AvgIpc) is 3.49. The van der Waals surface area contributed by atoms with Crippen molar-refractivity contribution in [3.8, 4) is 5.75 Å². The number of ether oxygens (including phenoxy) is 1. The molecule has 5 aromatic rings. The van der Waals surface area contributed by atoms with Crippen molar-refractivity contribution >= 4 is 52.0 Å². The Morgan fingerprint density at radius 1 is 1.00 bits per heavy atom. The molecule has 0 bridgehead atoms. The van der Waals surface area contributed by atoms with Gasteiger partial charge in [0.15, 0.2) is 11.4 Å². The zero-order valence-electron chi connectivity index (χ0n) is 27.5. The molecule has 254 valence electrons. The Morgan fingerprint density at radius 3 is 2.51 bits per heavy atom. The molecule has 1 amide bonds. The minimum atomic E-state index is -0.987. The summed E-state index contributed by atoms with van der Waals surface area (Å²) in [7, 11) is 1.60. The van der Waals surface area contributed by atoms with E-state index in [1.54, 1.807) is 66.3 Å². The van der Waals surface area contributed by atoms with Crippen LogP contribution in [0.2, 0.25) is 10.0 Å². The van der Waals surface area contributed by atoms with Crippen LogP contribution in [0.3, 0.4) is 0 Å². The van der Waals surface area contributed by atoms with E-state index in [1.165, 1.54) is 11.8 Å². The molecule has 10 nitrogen and oxygen atoms in total. The maximum absolute atomic E-state index is 13.1. The van der Waals surface area contributed by atoms with Gasteiger partial charge < -0.3 is 14.7 Å². The van der Waals surface area contributed by atoms with E-state index in [2.05, 4.69) is 9.97 Å². The van der Waals surface area contributed by atoms with Crippen LogP contribution < -0.4 is 9.64 Å². The average molecular weight is 703 g/mol. The summed E-state index contributed by atoms with van der Waals surface area (Å²) in [5, 5.41) is 11.8. The molecule has 5 rings (SSSR count). The highest BCUT2D eigenvalue weighted by Crippen LogP contribution is 2.36. The number of Topliss-reactive ketones (excluding diaryl/α,β-unsaturated/α-hetero) is 2. The Hall–Kier alpha value is -4.64. The first kappa shape index (κ1) is 35.7. The molecule has 1 aromatic carbocycles. The predicted molar refractivity (Wildman–Crippen MR) is 188 cm³/mol. The van der Waals surface area contributed by atoms with Crippen LogP contribution in [-0.2, 0) is 40.3 Å². The number of hydrogen-bond donors (Lipinski definition) is 1. The van der Waals surface area contributed by atoms with E-state index in [0.29, 0.717) is 63.3 Å². The fourth-order valence-electron chi connectivity index (χ4n) is 5.49. The van der Waals surface area contributed by atoms with Crippen LogP contribution in [0.4, 0.5) is 5.69 Å². The van der Waals surface area contributed by atoms with E-state index in [-0.39, 0.29) is 54.8 Å². The fourth-order valence-corrected chi connectivity index (χ4v) is 6.10. The van der Waals surface area contributed by atoms with Crippen molar-refractivity contribution in [2.45, 2.75) is 65.1 Å². The molecule has 4 aromatic heterocycles. The molecular formula is C37H37Cl2N5O5. The van der Waals surface area contributed by atoms with Gasteiger partial charge in [0.05, 0.1) is 27.8 Å². The van der Waals surface area contributed by atoms with E-state index in [1.807, 2.05) is 25.3 Å². The number of carbonyl (C=O) groups excluding carboxylic acids is 3. The quantitative estimate of drug-likeness (QED) is 0.127. The van der Waals surface area contributed by atoms with Gasteiger partial charge in [0, 0.05) is 67.6 Å². The smallest absolute Gasteiger partial charge is 0.227 e. The number of aromatic nitrogens is 4. The van der Waals surface area contributed by atoms with Gasteiger partial charge in [-0.1, -0.05) is 42.3 Å². The Bertz CT molecular complexity index is 1960. The highest BCUT2D eigenvalue weighted by Gasteiger charge is 2.24. The molecule has 12 heteroatoms. The van der Waals surface area contributed by atoms with Crippen molar-refractivity contribution in [1.82, 2.24) is 19.4 Å². The van der Waals surface area contributed by atoms with E-state index >= 15 is 0 Å². The number of halogens is 2. The van der Waals surface area contributed by atoms with Crippen LogP contribution >= 0.6 is 23.2 Å². The van der Waals surface area contributed by atoms with Crippen LogP contribution in [0.1, 0.15) is 73.1 Å². The largest absolute Gasteiger partial charge is 0.485 e. The van der Waals surface area contributed by atoms with E-state index in [0.717, 1.165) is 5.56 Å². The second-order valence-electron chi connectivity index (χ2n) is 11.7. The maximum Gasteiger partial charge on any atom is 0.227 e. The number of imidazole rings is 1. The number of aliphatic hydroxyl groups excluding tert-OH is 1. The van der Waals surface area contributed by atoms with Crippen LogP contribution in [0.25, 0.3) is 5.65 Å². The van der Waals surface area contributed by atoms with Crippen molar-refractivity contribution in [3.05, 3.63) is 117 Å². The minimum Gasteiger partial charge on any atom is -0.485 e. The molecule has 1 unspecified atom stereocenters. The molecule has 4 heterocycles. The molecule has 0 aliphatic carbocycles. The Labute approximate surface area is 294 Å². The number of carbonyl (C=O) groups is 3. The first-order chi connectivity index (χ1) is 23.6. The van der Waals surface area contributed by atoms with Gasteiger partial charge in [0.1, 0.15) is 24.3 Å². The first-order valence-electron chi connectivity index (χ1n) is 16.0. The second-order valence-corrected chi connectivity index (χ2v) is 12.5. The molecule has 1 N–H and O–H groups in total. The summed E-state index contributed by atoms with van der Waals surface area (Å²) in [5.41, 5.74) is 4.85. The lowest BCUT2D eigenvalue weighted by Crippen LogP contribution is -2.27. The van der Waals surface area contributed by atoms with Gasteiger partial charge in [-0.3, -0.25) is 28.8 Å². The molecule has 1 atom stereocenters. The van der Waals surface area contributed by atoms with Gasteiger partial charge in [-0.05, 0) is 67.8 Å². The Balaban J connectivity index is 1.23. The van der Waals surface area contributed by atoms with Crippen LogP contribution in [0.5, 0.6) is 5.75 Å². The minimum absolute atomic E-state index is 0.0112. The normalized spacial score (nSPS) is 11.8. The SMILES string of the molecule is CCc1nc2c(OCc3c(Cl)ccc(N(C)C(=O)CCC(=O)CCc4ccc(CC(C)=O)nc4)c3Cl)cccn2c1C(O)c1ccccn1. The monoisotopic (exact) mass is 701 g/mol. The van der Waals surface area contributed by atoms with Crippen molar-refractivity contribution in [3.63, 3.8) is 0 Å². The van der Waals surface area contributed by atoms with Crippen LogP contribution in [-0.4, -0.2) is 49.0 Å². The second kappa shape index (κ2) is 16.2. The lowest BCUT2D eigenvalue weighted by atomic mass is 10.1. The number of pyridine rings is 3. The third-order valence-corrected chi connectivity index (χ3v) is 8.96. The maximum atomic E-state index is 13.1. The molecule has 49 heavy (non-hydrogen) atoms. The van der Waals surface area contributed by atoms with Crippen molar-refractivity contribution in [2.24, 2.45) is 0 Å². The highest BCUT2D eigenvalue weighted by atomic mass is 35.5. The van der Waals surface area contributed by atoms with Gasteiger partial charge in [-0.15, -0.1) is 0 Å². The first-order valence-corrected chi connectivity index (χ1v) is 16.7. The molecule has 0 saturated heterocycles. The number of anilines is 1. The number of aliphatic hydroxyl groups is 1. The number of hydrogen-bond acceptors (Lipinski definition) is 8. The summed E-state index contributed by atoms with van der Waals surface area (Å²) in [5.74, 6) is 0.186. The number of ketones is 2. The summed E-state index contributed by atoms with van der Waals surface area (Å²) in [4.78, 5) is 51.8. The van der Waals surface area contributed by atoms with Gasteiger partial charge >= 0.3 is 0 Å². The molecule has 0 saturated carbocycles. The number of aryl methyl sites for hydroxylation is 2. The lowest BCUT2D eigenvalue weighted by molar-refractivity contribution is -0.123. The fraction of sp³-hybridized carbons (Fsp3) is 0.297.